The lowest BCUT2D eigenvalue weighted by Gasteiger charge is -2.24. The molecule has 0 amide bonds. The maximum Gasteiger partial charge on any atom is 0.0474 e. The zero-order chi connectivity index (χ0) is 11.1. The molecule has 3 heteroatoms. The van der Waals surface area contributed by atoms with Gasteiger partial charge in [-0.1, -0.05) is 0 Å². The van der Waals surface area contributed by atoms with Crippen LogP contribution >= 0.6 is 0 Å². The van der Waals surface area contributed by atoms with E-state index in [4.69, 9.17) is 4.74 Å². The van der Waals surface area contributed by atoms with Gasteiger partial charge in [-0.15, -0.1) is 0 Å². The molecule has 0 saturated carbocycles. The number of hydrogen-bond donors (Lipinski definition) is 0. The molecule has 1 saturated heterocycles. The van der Waals surface area contributed by atoms with E-state index in [0.29, 0.717) is 6.04 Å². The molecular weight excluding hydrogens is 188 g/mol. The van der Waals surface area contributed by atoms with E-state index in [9.17, 15) is 0 Å². The van der Waals surface area contributed by atoms with E-state index in [0.717, 1.165) is 13.0 Å². The Balaban J connectivity index is 2.20. The second kappa shape index (κ2) is 7.20. The Kier molecular flexibility index (Phi) is 6.22. The second-order valence-electron chi connectivity index (χ2n) is 4.67. The van der Waals surface area contributed by atoms with Gasteiger partial charge < -0.3 is 9.64 Å². The molecular formula is C12H26N2O. The first-order valence-corrected chi connectivity index (χ1v) is 6.19. The Bertz CT molecular complexity index is 162. The first-order chi connectivity index (χ1) is 7.24. The van der Waals surface area contributed by atoms with Crippen molar-refractivity contribution in [2.45, 2.75) is 32.7 Å². The molecule has 15 heavy (non-hydrogen) atoms. The molecule has 0 unspecified atom stereocenters. The normalized spacial score (nSPS) is 20.8. The van der Waals surface area contributed by atoms with E-state index >= 15 is 0 Å². The average Bonchev–Trinajstić information content (AvgIpc) is 2.44. The molecule has 3 nitrogen and oxygen atoms in total. The van der Waals surface area contributed by atoms with Gasteiger partial charge in [0.15, 0.2) is 0 Å². The van der Waals surface area contributed by atoms with Gasteiger partial charge in [0.2, 0.25) is 0 Å². The van der Waals surface area contributed by atoms with Gasteiger partial charge in [-0.05, 0) is 39.8 Å². The molecule has 1 aliphatic rings. The maximum atomic E-state index is 5.09. The zero-order valence-corrected chi connectivity index (χ0v) is 10.5. The van der Waals surface area contributed by atoms with Crippen LogP contribution in [0.15, 0.2) is 0 Å². The lowest BCUT2D eigenvalue weighted by molar-refractivity contribution is 0.170. The summed E-state index contributed by atoms with van der Waals surface area (Å²) in [6.07, 6.45) is 2.48. The van der Waals surface area contributed by atoms with E-state index in [2.05, 4.69) is 23.6 Å². The fourth-order valence-electron chi connectivity index (χ4n) is 2.16. The van der Waals surface area contributed by atoms with Crippen molar-refractivity contribution in [1.29, 1.82) is 0 Å². The Morgan fingerprint density at radius 2 is 1.93 bits per heavy atom. The number of nitrogens with zero attached hydrogens (tertiary/aromatic N) is 2. The molecule has 1 heterocycles. The van der Waals surface area contributed by atoms with Crippen molar-refractivity contribution >= 4 is 0 Å². The van der Waals surface area contributed by atoms with Crippen LogP contribution < -0.4 is 0 Å². The molecule has 0 radical (unpaired) electrons. The van der Waals surface area contributed by atoms with Gasteiger partial charge in [0.05, 0.1) is 0 Å². The number of rotatable bonds is 5. The summed E-state index contributed by atoms with van der Waals surface area (Å²) in [5.41, 5.74) is 0. The Morgan fingerprint density at radius 3 is 2.60 bits per heavy atom. The summed E-state index contributed by atoms with van der Waals surface area (Å²) in [4.78, 5) is 5.15. The third-order valence-electron chi connectivity index (χ3n) is 3.18. The maximum absolute atomic E-state index is 5.09. The number of methoxy groups -OCH3 is 1. The number of ether oxygens (including phenoxy) is 1. The van der Waals surface area contributed by atoms with E-state index in [1.165, 1.54) is 39.1 Å². The number of hydrogen-bond acceptors (Lipinski definition) is 3. The topological polar surface area (TPSA) is 15.7 Å². The van der Waals surface area contributed by atoms with Gasteiger partial charge in [-0.2, -0.15) is 0 Å². The minimum absolute atomic E-state index is 0.698. The van der Waals surface area contributed by atoms with E-state index < -0.39 is 0 Å². The van der Waals surface area contributed by atoms with Crippen LogP contribution in [0, 0.1) is 0 Å². The first kappa shape index (κ1) is 12.9. The summed E-state index contributed by atoms with van der Waals surface area (Å²) in [5, 5.41) is 0. The highest BCUT2D eigenvalue weighted by Gasteiger charge is 2.15. The predicted octanol–water partition coefficient (Wildman–Crippen LogP) is 1.44. The summed E-state index contributed by atoms with van der Waals surface area (Å²) >= 11 is 0. The zero-order valence-electron chi connectivity index (χ0n) is 10.5. The summed E-state index contributed by atoms with van der Waals surface area (Å²) in [7, 11) is 1.78. The van der Waals surface area contributed by atoms with Crippen molar-refractivity contribution in [3.05, 3.63) is 0 Å². The van der Waals surface area contributed by atoms with Gasteiger partial charge in [0.25, 0.3) is 0 Å². The van der Waals surface area contributed by atoms with Crippen molar-refractivity contribution in [3.8, 4) is 0 Å². The quantitative estimate of drug-likeness (QED) is 0.644. The highest BCUT2D eigenvalue weighted by molar-refractivity contribution is 4.71. The lowest BCUT2D eigenvalue weighted by atomic mass is 10.3. The molecule has 0 bridgehead atoms. The van der Waals surface area contributed by atoms with Crippen LogP contribution in [-0.2, 0) is 4.74 Å². The van der Waals surface area contributed by atoms with Crippen LogP contribution in [0.2, 0.25) is 0 Å². The van der Waals surface area contributed by atoms with Crippen molar-refractivity contribution < 1.29 is 4.74 Å². The van der Waals surface area contributed by atoms with Crippen molar-refractivity contribution in [3.63, 3.8) is 0 Å². The highest BCUT2D eigenvalue weighted by atomic mass is 16.5. The summed E-state index contributed by atoms with van der Waals surface area (Å²) < 4.78 is 5.09. The van der Waals surface area contributed by atoms with E-state index in [1.807, 2.05) is 0 Å². The Morgan fingerprint density at radius 1 is 1.13 bits per heavy atom. The van der Waals surface area contributed by atoms with E-state index in [-0.39, 0.29) is 0 Å². The van der Waals surface area contributed by atoms with Gasteiger partial charge in [0, 0.05) is 39.4 Å². The largest absolute Gasteiger partial charge is 0.385 e. The van der Waals surface area contributed by atoms with Crippen molar-refractivity contribution in [1.82, 2.24) is 9.80 Å². The van der Waals surface area contributed by atoms with Gasteiger partial charge in [0.1, 0.15) is 0 Å². The average molecular weight is 214 g/mol. The molecule has 0 aliphatic carbocycles. The van der Waals surface area contributed by atoms with E-state index in [1.54, 1.807) is 7.11 Å². The van der Waals surface area contributed by atoms with Crippen LogP contribution in [0.1, 0.15) is 26.7 Å². The van der Waals surface area contributed by atoms with Crippen molar-refractivity contribution in [2.75, 3.05) is 46.4 Å². The van der Waals surface area contributed by atoms with Gasteiger partial charge in [-0.3, -0.25) is 4.90 Å². The predicted molar refractivity (Wildman–Crippen MR) is 64.3 cm³/mol. The summed E-state index contributed by atoms with van der Waals surface area (Å²) in [6, 6.07) is 0.698. The van der Waals surface area contributed by atoms with Gasteiger partial charge >= 0.3 is 0 Å². The van der Waals surface area contributed by atoms with Gasteiger partial charge in [-0.25, -0.2) is 0 Å². The minimum Gasteiger partial charge on any atom is -0.385 e. The molecule has 0 aromatic rings. The standard InChI is InChI=1S/C12H26N2O/c1-12(2)14-8-4-6-13(9-10-14)7-5-11-15-3/h12H,4-11H2,1-3H3. The van der Waals surface area contributed by atoms with Crippen LogP contribution in [0.4, 0.5) is 0 Å². The Labute approximate surface area is 94.4 Å². The summed E-state index contributed by atoms with van der Waals surface area (Å²) in [5.74, 6) is 0. The van der Waals surface area contributed by atoms with Crippen molar-refractivity contribution in [2.24, 2.45) is 0 Å². The fraction of sp³-hybridized carbons (Fsp3) is 1.00. The SMILES string of the molecule is COCCCN1CCCN(C(C)C)CC1. The summed E-state index contributed by atoms with van der Waals surface area (Å²) in [6.45, 7) is 11.6. The third kappa shape index (κ3) is 4.96. The third-order valence-corrected chi connectivity index (χ3v) is 3.18. The molecule has 90 valence electrons. The highest BCUT2D eigenvalue weighted by Crippen LogP contribution is 2.06. The molecule has 0 aromatic heterocycles. The monoisotopic (exact) mass is 214 g/mol. The second-order valence-corrected chi connectivity index (χ2v) is 4.67. The molecule has 1 rings (SSSR count). The molecule has 1 fully saturated rings. The first-order valence-electron chi connectivity index (χ1n) is 6.19. The fourth-order valence-corrected chi connectivity index (χ4v) is 2.16. The molecule has 0 N–H and O–H groups in total. The van der Waals surface area contributed by atoms with Crippen LogP contribution in [-0.4, -0.2) is 62.3 Å². The smallest absolute Gasteiger partial charge is 0.0474 e. The lowest BCUT2D eigenvalue weighted by Crippen LogP contribution is -2.35. The van der Waals surface area contributed by atoms with Crippen LogP contribution in [0.5, 0.6) is 0 Å². The molecule has 0 aromatic carbocycles. The molecule has 1 aliphatic heterocycles. The molecule has 0 spiro atoms. The van der Waals surface area contributed by atoms with Crippen LogP contribution in [0.3, 0.4) is 0 Å². The van der Waals surface area contributed by atoms with Crippen LogP contribution in [0.25, 0.3) is 0 Å². The minimum atomic E-state index is 0.698. The Hall–Kier alpha value is -0.120. The molecule has 0 atom stereocenters.